The first kappa shape index (κ1) is 12.3. The van der Waals surface area contributed by atoms with Gasteiger partial charge in [-0.25, -0.2) is 0 Å². The van der Waals surface area contributed by atoms with Gasteiger partial charge in [-0.2, -0.15) is 5.10 Å². The van der Waals surface area contributed by atoms with E-state index in [-0.39, 0.29) is 0 Å². The van der Waals surface area contributed by atoms with E-state index < -0.39 is 0 Å². The van der Waals surface area contributed by atoms with Crippen LogP contribution in [0.3, 0.4) is 0 Å². The molecule has 100 valence electrons. The van der Waals surface area contributed by atoms with Gasteiger partial charge in [0.15, 0.2) is 0 Å². The van der Waals surface area contributed by atoms with Crippen LogP contribution in [0.1, 0.15) is 5.69 Å². The predicted octanol–water partition coefficient (Wildman–Crippen LogP) is 3.24. The molecule has 0 radical (unpaired) electrons. The van der Waals surface area contributed by atoms with Gasteiger partial charge in [-0.1, -0.05) is 42.5 Å². The normalized spacial score (nSPS) is 10.4. The number of anilines is 1. The molecule has 3 rings (SSSR count). The van der Waals surface area contributed by atoms with Crippen molar-refractivity contribution in [1.82, 2.24) is 10.2 Å². The first-order valence-corrected chi connectivity index (χ1v) is 6.39. The van der Waals surface area contributed by atoms with Crippen LogP contribution in [0.2, 0.25) is 0 Å². The smallest absolute Gasteiger partial charge is 0.145 e. The first-order valence-electron chi connectivity index (χ1n) is 6.39. The number of nitrogens with zero attached hydrogens (tertiary/aromatic N) is 1. The summed E-state index contributed by atoms with van der Waals surface area (Å²) >= 11 is 0. The lowest BCUT2D eigenvalue weighted by molar-refractivity contribution is 0.301. The fraction of sp³-hybridized carbons (Fsp3) is 0.0625. The molecule has 0 amide bonds. The Morgan fingerprint density at radius 1 is 0.950 bits per heavy atom. The number of nitrogen functional groups attached to an aromatic ring is 1. The molecule has 1 aromatic heterocycles. The lowest BCUT2D eigenvalue weighted by Gasteiger charge is -2.06. The monoisotopic (exact) mass is 265 g/mol. The van der Waals surface area contributed by atoms with Gasteiger partial charge in [-0.3, -0.25) is 5.10 Å². The lowest BCUT2D eigenvalue weighted by atomic mass is 10.1. The van der Waals surface area contributed by atoms with E-state index in [9.17, 15) is 0 Å². The van der Waals surface area contributed by atoms with Gasteiger partial charge in [-0.15, -0.1) is 0 Å². The van der Waals surface area contributed by atoms with Gasteiger partial charge in [0.25, 0.3) is 0 Å². The highest BCUT2D eigenvalue weighted by Crippen LogP contribution is 2.22. The average molecular weight is 265 g/mol. The van der Waals surface area contributed by atoms with Crippen LogP contribution < -0.4 is 10.5 Å². The third-order valence-corrected chi connectivity index (χ3v) is 3.01. The molecule has 0 unspecified atom stereocenters. The third kappa shape index (κ3) is 2.80. The Labute approximate surface area is 117 Å². The minimum absolute atomic E-state index is 0.425. The number of aromatic amines is 1. The fourth-order valence-corrected chi connectivity index (χ4v) is 1.99. The van der Waals surface area contributed by atoms with E-state index in [1.807, 2.05) is 42.5 Å². The molecule has 0 aliphatic rings. The Morgan fingerprint density at radius 3 is 2.30 bits per heavy atom. The zero-order valence-corrected chi connectivity index (χ0v) is 10.9. The number of rotatable bonds is 4. The SMILES string of the molecule is Nc1cc(COc2ccc(-c3ccccc3)cc2)[nH]n1. The van der Waals surface area contributed by atoms with Crippen molar-refractivity contribution in [2.24, 2.45) is 0 Å². The number of aromatic nitrogens is 2. The van der Waals surface area contributed by atoms with E-state index in [1.165, 1.54) is 11.1 Å². The number of ether oxygens (including phenoxy) is 1. The molecular weight excluding hydrogens is 250 g/mol. The summed E-state index contributed by atoms with van der Waals surface area (Å²) < 4.78 is 5.67. The molecule has 0 bridgehead atoms. The van der Waals surface area contributed by atoms with E-state index in [1.54, 1.807) is 6.07 Å². The molecule has 0 saturated carbocycles. The zero-order chi connectivity index (χ0) is 13.8. The maximum absolute atomic E-state index is 5.67. The van der Waals surface area contributed by atoms with Gasteiger partial charge in [0.2, 0.25) is 0 Å². The van der Waals surface area contributed by atoms with Crippen molar-refractivity contribution >= 4 is 5.82 Å². The number of benzene rings is 2. The molecule has 0 spiro atoms. The molecule has 3 N–H and O–H groups in total. The summed E-state index contributed by atoms with van der Waals surface area (Å²) in [6, 6.07) is 20.0. The van der Waals surface area contributed by atoms with E-state index in [2.05, 4.69) is 22.3 Å². The van der Waals surface area contributed by atoms with Crippen molar-refractivity contribution in [2.45, 2.75) is 6.61 Å². The zero-order valence-electron chi connectivity index (χ0n) is 10.9. The molecule has 1 heterocycles. The van der Waals surface area contributed by atoms with Crippen LogP contribution in [0.5, 0.6) is 5.75 Å². The molecule has 2 aromatic carbocycles. The Hall–Kier alpha value is -2.75. The predicted molar refractivity (Wildman–Crippen MR) is 79.2 cm³/mol. The highest BCUT2D eigenvalue weighted by molar-refractivity contribution is 5.63. The van der Waals surface area contributed by atoms with Gasteiger partial charge in [0.1, 0.15) is 18.2 Å². The van der Waals surface area contributed by atoms with E-state index in [0.29, 0.717) is 12.4 Å². The molecule has 4 nitrogen and oxygen atoms in total. The van der Waals surface area contributed by atoms with E-state index >= 15 is 0 Å². The average Bonchev–Trinajstić information content (AvgIpc) is 2.92. The van der Waals surface area contributed by atoms with Crippen LogP contribution in [0.15, 0.2) is 60.7 Å². The number of H-pyrrole nitrogens is 1. The van der Waals surface area contributed by atoms with Crippen molar-refractivity contribution in [2.75, 3.05) is 5.73 Å². The molecule has 4 heteroatoms. The molecule has 0 saturated heterocycles. The van der Waals surface area contributed by atoms with Gasteiger partial charge >= 0.3 is 0 Å². The summed E-state index contributed by atoms with van der Waals surface area (Å²) in [5, 5.41) is 6.67. The summed E-state index contributed by atoms with van der Waals surface area (Å²) in [7, 11) is 0. The highest BCUT2D eigenvalue weighted by atomic mass is 16.5. The minimum Gasteiger partial charge on any atom is -0.487 e. The number of nitrogens with two attached hydrogens (primary N) is 1. The van der Waals surface area contributed by atoms with Gasteiger partial charge in [0, 0.05) is 6.07 Å². The second kappa shape index (κ2) is 5.48. The molecular formula is C16H15N3O. The standard InChI is InChI=1S/C16H15N3O/c17-16-10-14(18-19-16)11-20-15-8-6-13(7-9-15)12-4-2-1-3-5-12/h1-10H,11H2,(H3,17,18,19). The maximum Gasteiger partial charge on any atom is 0.145 e. The lowest BCUT2D eigenvalue weighted by Crippen LogP contribution is -1.95. The molecule has 20 heavy (non-hydrogen) atoms. The Morgan fingerprint density at radius 2 is 1.65 bits per heavy atom. The minimum atomic E-state index is 0.425. The molecule has 0 fully saturated rings. The second-order valence-corrected chi connectivity index (χ2v) is 4.50. The second-order valence-electron chi connectivity index (χ2n) is 4.50. The van der Waals surface area contributed by atoms with Gasteiger partial charge in [-0.05, 0) is 23.3 Å². The summed E-state index contributed by atoms with van der Waals surface area (Å²) in [6.07, 6.45) is 0. The van der Waals surface area contributed by atoms with Crippen LogP contribution in [0, 0.1) is 0 Å². The summed E-state index contributed by atoms with van der Waals surface area (Å²) in [5.41, 5.74) is 8.75. The van der Waals surface area contributed by atoms with Crippen molar-refractivity contribution in [1.29, 1.82) is 0 Å². The number of hydrogen-bond acceptors (Lipinski definition) is 3. The van der Waals surface area contributed by atoms with Crippen LogP contribution >= 0.6 is 0 Å². The van der Waals surface area contributed by atoms with Crippen molar-refractivity contribution in [3.63, 3.8) is 0 Å². The van der Waals surface area contributed by atoms with Crippen molar-refractivity contribution < 1.29 is 4.74 Å². The summed E-state index contributed by atoms with van der Waals surface area (Å²) in [4.78, 5) is 0. The molecule has 0 aliphatic heterocycles. The van der Waals surface area contributed by atoms with Crippen molar-refractivity contribution in [3.8, 4) is 16.9 Å². The van der Waals surface area contributed by atoms with Crippen molar-refractivity contribution in [3.05, 3.63) is 66.4 Å². The van der Waals surface area contributed by atoms with E-state index in [4.69, 9.17) is 10.5 Å². The molecule has 3 aromatic rings. The topological polar surface area (TPSA) is 63.9 Å². The maximum atomic E-state index is 5.67. The van der Waals surface area contributed by atoms with Crippen LogP contribution in [0.25, 0.3) is 11.1 Å². The van der Waals surface area contributed by atoms with Crippen LogP contribution in [-0.4, -0.2) is 10.2 Å². The fourth-order valence-electron chi connectivity index (χ4n) is 1.99. The highest BCUT2D eigenvalue weighted by Gasteiger charge is 2.01. The Bertz CT molecular complexity index is 674. The summed E-state index contributed by atoms with van der Waals surface area (Å²) in [6.45, 7) is 0.425. The first-order chi connectivity index (χ1) is 9.81. The third-order valence-electron chi connectivity index (χ3n) is 3.01. The van der Waals surface area contributed by atoms with Gasteiger partial charge in [0.05, 0.1) is 5.69 Å². The Balaban J connectivity index is 1.67. The van der Waals surface area contributed by atoms with Crippen LogP contribution in [-0.2, 0) is 6.61 Å². The molecule has 0 atom stereocenters. The largest absolute Gasteiger partial charge is 0.487 e. The van der Waals surface area contributed by atoms with Gasteiger partial charge < -0.3 is 10.5 Å². The quantitative estimate of drug-likeness (QED) is 0.761. The Kier molecular flexibility index (Phi) is 3.37. The number of nitrogens with one attached hydrogen (secondary N) is 1. The van der Waals surface area contributed by atoms with E-state index in [0.717, 1.165) is 11.4 Å². The van der Waals surface area contributed by atoms with Crippen LogP contribution in [0.4, 0.5) is 5.82 Å². The number of hydrogen-bond donors (Lipinski definition) is 2. The summed E-state index contributed by atoms with van der Waals surface area (Å²) in [5.74, 6) is 1.29. The molecule has 0 aliphatic carbocycles.